The minimum atomic E-state index is -0.354. The Balaban J connectivity index is 2.26. The molecule has 0 bridgehead atoms. The lowest BCUT2D eigenvalue weighted by Crippen LogP contribution is -2.24. The average Bonchev–Trinajstić information content (AvgIpc) is 2.64. The fraction of sp³-hybridized carbons (Fsp3) is 0.462. The SMILES string of the molecule is CC1CCCC1Nc1cccc(F)c1C(N)=S. The Morgan fingerprint density at radius 3 is 2.82 bits per heavy atom. The second-order valence-electron chi connectivity index (χ2n) is 4.69. The number of benzene rings is 1. The molecular formula is C13H17FN2S. The Morgan fingerprint density at radius 1 is 1.47 bits per heavy atom. The lowest BCUT2D eigenvalue weighted by molar-refractivity contribution is 0.555. The molecule has 0 heterocycles. The van der Waals surface area contributed by atoms with Gasteiger partial charge in [0.25, 0.3) is 0 Å². The number of rotatable bonds is 3. The summed E-state index contributed by atoms with van der Waals surface area (Å²) in [6.07, 6.45) is 3.56. The van der Waals surface area contributed by atoms with E-state index >= 15 is 0 Å². The lowest BCUT2D eigenvalue weighted by Gasteiger charge is -2.20. The van der Waals surface area contributed by atoms with Gasteiger partial charge in [0, 0.05) is 11.7 Å². The van der Waals surface area contributed by atoms with Crippen LogP contribution in [-0.4, -0.2) is 11.0 Å². The fourth-order valence-corrected chi connectivity index (χ4v) is 2.66. The molecule has 2 rings (SSSR count). The van der Waals surface area contributed by atoms with Crippen LogP contribution >= 0.6 is 12.2 Å². The molecule has 4 heteroatoms. The maximum atomic E-state index is 13.7. The number of hydrogen-bond acceptors (Lipinski definition) is 2. The maximum Gasteiger partial charge on any atom is 0.135 e. The third kappa shape index (κ3) is 2.57. The summed E-state index contributed by atoms with van der Waals surface area (Å²) in [6, 6.07) is 5.30. The monoisotopic (exact) mass is 252 g/mol. The van der Waals surface area contributed by atoms with E-state index in [1.807, 2.05) is 6.07 Å². The van der Waals surface area contributed by atoms with Crippen molar-refractivity contribution in [1.29, 1.82) is 0 Å². The van der Waals surface area contributed by atoms with E-state index in [-0.39, 0.29) is 10.8 Å². The molecule has 1 aromatic rings. The first kappa shape index (κ1) is 12.3. The van der Waals surface area contributed by atoms with Crippen molar-refractivity contribution in [1.82, 2.24) is 0 Å². The van der Waals surface area contributed by atoms with Gasteiger partial charge in [0.15, 0.2) is 0 Å². The molecule has 0 saturated heterocycles. The predicted octanol–water partition coefficient (Wildman–Crippen LogP) is 3.06. The van der Waals surface area contributed by atoms with Crippen molar-refractivity contribution < 1.29 is 4.39 Å². The number of nitrogens with one attached hydrogen (secondary N) is 1. The van der Waals surface area contributed by atoms with Crippen molar-refractivity contribution in [2.45, 2.75) is 32.2 Å². The number of thiocarbonyl (C=S) groups is 1. The van der Waals surface area contributed by atoms with Gasteiger partial charge in [-0.3, -0.25) is 0 Å². The molecule has 1 saturated carbocycles. The molecule has 0 radical (unpaired) electrons. The molecule has 2 nitrogen and oxygen atoms in total. The number of nitrogens with two attached hydrogens (primary N) is 1. The molecule has 1 aromatic carbocycles. The largest absolute Gasteiger partial charge is 0.389 e. The van der Waals surface area contributed by atoms with Crippen molar-refractivity contribution >= 4 is 22.9 Å². The van der Waals surface area contributed by atoms with Crippen LogP contribution in [0, 0.1) is 11.7 Å². The van der Waals surface area contributed by atoms with Gasteiger partial charge in [-0.25, -0.2) is 4.39 Å². The quantitative estimate of drug-likeness (QED) is 0.812. The molecule has 0 aliphatic heterocycles. The molecule has 3 N–H and O–H groups in total. The van der Waals surface area contributed by atoms with E-state index in [4.69, 9.17) is 18.0 Å². The lowest BCUT2D eigenvalue weighted by atomic mass is 10.0. The van der Waals surface area contributed by atoms with Crippen molar-refractivity contribution in [3.63, 3.8) is 0 Å². The average molecular weight is 252 g/mol. The molecule has 1 fully saturated rings. The van der Waals surface area contributed by atoms with Crippen LogP contribution in [0.3, 0.4) is 0 Å². The van der Waals surface area contributed by atoms with Gasteiger partial charge in [-0.05, 0) is 30.9 Å². The summed E-state index contributed by atoms with van der Waals surface area (Å²) in [5.41, 5.74) is 6.63. The second-order valence-corrected chi connectivity index (χ2v) is 5.13. The third-order valence-corrected chi connectivity index (χ3v) is 3.67. The Morgan fingerprint density at radius 2 is 2.24 bits per heavy atom. The van der Waals surface area contributed by atoms with Gasteiger partial charge in [-0.1, -0.05) is 31.6 Å². The highest BCUT2D eigenvalue weighted by Gasteiger charge is 2.24. The summed E-state index contributed by atoms with van der Waals surface area (Å²) in [5.74, 6) is 0.255. The first-order chi connectivity index (χ1) is 8.09. The van der Waals surface area contributed by atoms with Crippen molar-refractivity contribution in [3.8, 4) is 0 Å². The predicted molar refractivity (Wildman–Crippen MR) is 72.7 cm³/mol. The molecule has 0 spiro atoms. The summed E-state index contributed by atoms with van der Waals surface area (Å²) >= 11 is 4.91. The third-order valence-electron chi connectivity index (χ3n) is 3.46. The zero-order valence-corrected chi connectivity index (χ0v) is 10.7. The van der Waals surface area contributed by atoms with Crippen LogP contribution in [0.4, 0.5) is 10.1 Å². The molecule has 92 valence electrons. The molecule has 1 aliphatic carbocycles. The van der Waals surface area contributed by atoms with Crippen molar-refractivity contribution in [2.75, 3.05) is 5.32 Å². The van der Waals surface area contributed by atoms with Gasteiger partial charge in [0.1, 0.15) is 10.8 Å². The highest BCUT2D eigenvalue weighted by atomic mass is 32.1. The van der Waals surface area contributed by atoms with Gasteiger partial charge < -0.3 is 11.1 Å². The fourth-order valence-electron chi connectivity index (χ4n) is 2.45. The normalized spacial score (nSPS) is 23.6. The van der Waals surface area contributed by atoms with Gasteiger partial charge in [0.2, 0.25) is 0 Å². The maximum absolute atomic E-state index is 13.7. The smallest absolute Gasteiger partial charge is 0.135 e. The van der Waals surface area contributed by atoms with Gasteiger partial charge in [-0.2, -0.15) is 0 Å². The van der Waals surface area contributed by atoms with E-state index in [1.165, 1.54) is 18.9 Å². The highest BCUT2D eigenvalue weighted by Crippen LogP contribution is 2.29. The zero-order chi connectivity index (χ0) is 12.4. The molecule has 17 heavy (non-hydrogen) atoms. The Kier molecular flexibility index (Phi) is 3.62. The van der Waals surface area contributed by atoms with Gasteiger partial charge in [0.05, 0.1) is 5.56 Å². The summed E-state index contributed by atoms with van der Waals surface area (Å²) in [4.78, 5) is 0.108. The summed E-state index contributed by atoms with van der Waals surface area (Å²) < 4.78 is 13.7. The van der Waals surface area contributed by atoms with E-state index in [0.717, 1.165) is 12.1 Å². The minimum Gasteiger partial charge on any atom is -0.389 e. The summed E-state index contributed by atoms with van der Waals surface area (Å²) in [7, 11) is 0. The Labute approximate surface area is 106 Å². The van der Waals surface area contributed by atoms with Crippen molar-refractivity contribution in [3.05, 3.63) is 29.6 Å². The standard InChI is InChI=1S/C13H17FN2S/c1-8-4-2-6-10(8)16-11-7-3-5-9(14)12(11)13(15)17/h3,5,7-8,10,16H,2,4,6H2,1H3,(H2,15,17). The molecule has 0 aromatic heterocycles. The van der Waals surface area contributed by atoms with Crippen LogP contribution in [0.5, 0.6) is 0 Å². The van der Waals surface area contributed by atoms with Gasteiger partial charge >= 0.3 is 0 Å². The summed E-state index contributed by atoms with van der Waals surface area (Å²) in [6.45, 7) is 2.21. The van der Waals surface area contributed by atoms with Crippen LogP contribution in [0.15, 0.2) is 18.2 Å². The molecule has 1 aliphatic rings. The topological polar surface area (TPSA) is 38.0 Å². The number of halogens is 1. The Bertz CT molecular complexity index is 433. The van der Waals surface area contributed by atoms with E-state index in [1.54, 1.807) is 6.07 Å². The molecule has 2 atom stereocenters. The number of anilines is 1. The van der Waals surface area contributed by atoms with Crippen LogP contribution in [0.25, 0.3) is 0 Å². The second kappa shape index (κ2) is 5.00. The highest BCUT2D eigenvalue weighted by molar-refractivity contribution is 7.80. The van der Waals surface area contributed by atoms with E-state index in [0.29, 0.717) is 17.5 Å². The number of hydrogen-bond donors (Lipinski definition) is 2. The molecule has 0 amide bonds. The minimum absolute atomic E-state index is 0.108. The van der Waals surface area contributed by atoms with Crippen LogP contribution in [-0.2, 0) is 0 Å². The molecular weight excluding hydrogens is 235 g/mol. The van der Waals surface area contributed by atoms with E-state index < -0.39 is 0 Å². The zero-order valence-electron chi connectivity index (χ0n) is 9.87. The Hall–Kier alpha value is -1.16. The van der Waals surface area contributed by atoms with Crippen LogP contribution < -0.4 is 11.1 Å². The summed E-state index contributed by atoms with van der Waals surface area (Å²) in [5, 5.41) is 3.37. The van der Waals surface area contributed by atoms with Crippen LogP contribution in [0.2, 0.25) is 0 Å². The van der Waals surface area contributed by atoms with Gasteiger partial charge in [-0.15, -0.1) is 0 Å². The van der Waals surface area contributed by atoms with Crippen LogP contribution in [0.1, 0.15) is 31.7 Å². The van der Waals surface area contributed by atoms with E-state index in [9.17, 15) is 4.39 Å². The first-order valence-electron chi connectivity index (χ1n) is 5.94. The van der Waals surface area contributed by atoms with Crippen molar-refractivity contribution in [2.24, 2.45) is 11.7 Å². The van der Waals surface area contributed by atoms with E-state index in [2.05, 4.69) is 12.2 Å². The first-order valence-corrected chi connectivity index (χ1v) is 6.35. The molecule has 2 unspecified atom stereocenters.